The van der Waals surface area contributed by atoms with Crippen molar-refractivity contribution in [2.45, 2.75) is 32.5 Å². The summed E-state index contributed by atoms with van der Waals surface area (Å²) in [4.78, 5) is 0. The Balaban J connectivity index is 2.00. The summed E-state index contributed by atoms with van der Waals surface area (Å²) < 4.78 is 2.47. The molecule has 96 valence electrons. The molecule has 0 amide bonds. The van der Waals surface area contributed by atoms with Gasteiger partial charge in [0, 0.05) is 22.6 Å². The van der Waals surface area contributed by atoms with Gasteiger partial charge < -0.3 is 4.57 Å². The fraction of sp³-hybridized carbons (Fsp3) is 0.294. The van der Waals surface area contributed by atoms with E-state index in [1.807, 2.05) is 0 Å². The second kappa shape index (κ2) is 3.31. The Morgan fingerprint density at radius 1 is 1.05 bits per heavy atom. The van der Waals surface area contributed by atoms with Crippen LogP contribution in [0, 0.1) is 6.92 Å². The number of benzene rings is 1. The molecule has 2 aliphatic heterocycles. The second-order valence-corrected chi connectivity index (χ2v) is 11.0. The molecule has 1 unspecified atom stereocenters. The van der Waals surface area contributed by atoms with E-state index in [9.17, 15) is 0 Å². The third-order valence-corrected chi connectivity index (χ3v) is 9.08. The molecule has 0 saturated heterocycles. The molecule has 0 saturated carbocycles. The number of hydrogen-bond donors (Lipinski definition) is 0. The smallest absolute Gasteiger partial charge is 0.0950 e. The van der Waals surface area contributed by atoms with Crippen LogP contribution < -0.4 is 0 Å². The molecule has 0 radical (unpaired) electrons. The van der Waals surface area contributed by atoms with Gasteiger partial charge in [-0.2, -0.15) is 0 Å². The maximum Gasteiger partial charge on any atom is 0.0950 e. The van der Waals surface area contributed by atoms with E-state index in [0.717, 1.165) is 5.54 Å². The molecule has 5 rings (SSSR count). The monoisotopic (exact) mass is 265 g/mol. The number of aromatic nitrogens is 1. The summed E-state index contributed by atoms with van der Waals surface area (Å²) in [5.41, 5.74) is 8.23. The number of hydrogen-bond acceptors (Lipinski definition) is 0. The molecule has 2 aromatic rings. The van der Waals surface area contributed by atoms with Crippen molar-refractivity contribution in [2.24, 2.45) is 0 Å². The maximum atomic E-state index is 2.52. The fourth-order valence-corrected chi connectivity index (χ4v) is 8.74. The van der Waals surface area contributed by atoms with Crippen LogP contribution in [-0.4, -0.2) is 12.6 Å². The highest BCUT2D eigenvalue weighted by Crippen LogP contribution is 2.62. The van der Waals surface area contributed by atoms with Gasteiger partial charge in [0.2, 0.25) is 0 Å². The van der Waals surface area contributed by atoms with Crippen LogP contribution in [0.1, 0.15) is 29.4 Å². The van der Waals surface area contributed by atoms with Crippen molar-refractivity contribution < 1.29 is 0 Å². The molecule has 2 bridgehead atoms. The maximum absolute atomic E-state index is 2.52. The van der Waals surface area contributed by atoms with E-state index in [2.05, 4.69) is 67.9 Å². The number of para-hydroxylation sites is 1. The predicted octanol–water partition coefficient (Wildman–Crippen LogP) is 4.46. The Morgan fingerprint density at radius 3 is 2.37 bits per heavy atom. The molecule has 1 nitrogen and oxygen atoms in total. The van der Waals surface area contributed by atoms with Crippen molar-refractivity contribution in [3.8, 4) is 5.69 Å². The first-order valence-electron chi connectivity index (χ1n) is 7.02. The third kappa shape index (κ3) is 1.16. The molecular weight excluding hydrogens is 246 g/mol. The normalized spacial score (nSPS) is 22.4. The first-order chi connectivity index (χ1) is 9.03. The van der Waals surface area contributed by atoms with E-state index in [1.165, 1.54) is 17.1 Å². The minimum absolute atomic E-state index is 0.779. The van der Waals surface area contributed by atoms with Crippen LogP contribution >= 0.6 is 0 Å². The highest BCUT2D eigenvalue weighted by atomic mass is 28.3. The average molecular weight is 265 g/mol. The lowest BCUT2D eigenvalue weighted by Crippen LogP contribution is -2.41. The zero-order valence-corrected chi connectivity index (χ0v) is 13.0. The Labute approximate surface area is 115 Å². The van der Waals surface area contributed by atoms with Crippen LogP contribution in [-0.2, 0) is 0 Å². The van der Waals surface area contributed by atoms with Gasteiger partial charge in [0.25, 0.3) is 0 Å². The first-order valence-corrected chi connectivity index (χ1v) is 10.1. The molecule has 1 aromatic carbocycles. The van der Waals surface area contributed by atoms with Gasteiger partial charge in [-0.15, -0.1) is 0 Å². The van der Waals surface area contributed by atoms with E-state index in [4.69, 9.17) is 0 Å². The first kappa shape index (κ1) is 11.3. The largest absolute Gasteiger partial charge is 0.314 e. The number of allylic oxidation sites excluding steroid dienone is 1. The van der Waals surface area contributed by atoms with E-state index >= 15 is 0 Å². The van der Waals surface area contributed by atoms with Gasteiger partial charge in [-0.3, -0.25) is 0 Å². The summed E-state index contributed by atoms with van der Waals surface area (Å²) in [6.07, 6.45) is 0. The van der Waals surface area contributed by atoms with Crippen LogP contribution in [0.4, 0.5) is 0 Å². The molecule has 0 spiro atoms. The van der Waals surface area contributed by atoms with Gasteiger partial charge in [0.15, 0.2) is 0 Å². The number of aryl methyl sites for hydroxylation is 1. The summed E-state index contributed by atoms with van der Waals surface area (Å²) in [5.74, 6) is 0. The minimum atomic E-state index is -1.19. The standard InChI is InChI=1S/C17H19NSi/c1-11-10-14-15(17-12(2)16(14)19(17,3)4)18(11)13-8-6-5-7-9-13/h5-10,16H,1-4H3. The van der Waals surface area contributed by atoms with E-state index < -0.39 is 8.07 Å². The summed E-state index contributed by atoms with van der Waals surface area (Å²) in [6, 6.07) is 13.2. The van der Waals surface area contributed by atoms with Crippen molar-refractivity contribution in [3.63, 3.8) is 0 Å². The molecule has 3 aliphatic rings. The Morgan fingerprint density at radius 2 is 1.74 bits per heavy atom. The van der Waals surface area contributed by atoms with Crippen molar-refractivity contribution in [3.05, 3.63) is 58.9 Å². The lowest BCUT2D eigenvalue weighted by Gasteiger charge is -2.39. The van der Waals surface area contributed by atoms with Crippen molar-refractivity contribution in [1.82, 2.24) is 4.57 Å². The number of nitrogens with zero attached hydrogens (tertiary/aromatic N) is 1. The Hall–Kier alpha value is -1.54. The minimum Gasteiger partial charge on any atom is -0.314 e. The van der Waals surface area contributed by atoms with Gasteiger partial charge >= 0.3 is 0 Å². The van der Waals surface area contributed by atoms with Crippen molar-refractivity contribution >= 4 is 13.3 Å². The lowest BCUT2D eigenvalue weighted by atomic mass is 10.2. The third-order valence-electron chi connectivity index (χ3n) is 4.97. The number of rotatable bonds is 1. The van der Waals surface area contributed by atoms with Gasteiger partial charge in [-0.05, 0) is 42.8 Å². The van der Waals surface area contributed by atoms with Gasteiger partial charge in [0.1, 0.15) is 0 Å². The lowest BCUT2D eigenvalue weighted by molar-refractivity contribution is 0.999. The Bertz CT molecular complexity index is 719. The molecule has 1 aliphatic carbocycles. The Kier molecular flexibility index (Phi) is 1.97. The van der Waals surface area contributed by atoms with Gasteiger partial charge in [0.05, 0.1) is 8.07 Å². The second-order valence-electron chi connectivity index (χ2n) is 6.47. The van der Waals surface area contributed by atoms with Crippen LogP contribution in [0.15, 0.2) is 42.0 Å². The summed E-state index contributed by atoms with van der Waals surface area (Å²) >= 11 is 0. The molecule has 1 aromatic heterocycles. The van der Waals surface area contributed by atoms with Crippen LogP contribution in [0.5, 0.6) is 0 Å². The molecule has 3 heterocycles. The highest BCUT2D eigenvalue weighted by molar-refractivity contribution is 7.01. The predicted molar refractivity (Wildman–Crippen MR) is 83.3 cm³/mol. The molecule has 1 atom stereocenters. The van der Waals surface area contributed by atoms with E-state index in [-0.39, 0.29) is 0 Å². The fourth-order valence-electron chi connectivity index (χ4n) is 4.42. The van der Waals surface area contributed by atoms with E-state index in [0.29, 0.717) is 0 Å². The van der Waals surface area contributed by atoms with Crippen molar-refractivity contribution in [2.75, 3.05) is 0 Å². The molecule has 0 N–H and O–H groups in total. The highest BCUT2D eigenvalue weighted by Gasteiger charge is 2.56. The zero-order valence-electron chi connectivity index (χ0n) is 12.0. The molecule has 2 heteroatoms. The summed E-state index contributed by atoms with van der Waals surface area (Å²) in [7, 11) is -1.19. The topological polar surface area (TPSA) is 4.93 Å². The van der Waals surface area contributed by atoms with Crippen LogP contribution in [0.25, 0.3) is 10.9 Å². The zero-order chi connectivity index (χ0) is 13.4. The molecular formula is C17H19NSi. The van der Waals surface area contributed by atoms with Crippen LogP contribution in [0.2, 0.25) is 13.1 Å². The SMILES string of the molecule is CC1=C2c3c(cc(C)n3-c3ccccc3)C1[Si]2(C)C. The summed E-state index contributed by atoms with van der Waals surface area (Å²) in [6.45, 7) is 9.60. The molecule has 19 heavy (non-hydrogen) atoms. The van der Waals surface area contributed by atoms with Gasteiger partial charge in [-0.1, -0.05) is 36.9 Å². The van der Waals surface area contributed by atoms with Crippen LogP contribution in [0.3, 0.4) is 0 Å². The average Bonchev–Trinajstić information content (AvgIpc) is 2.89. The van der Waals surface area contributed by atoms with E-state index in [1.54, 1.807) is 16.3 Å². The molecule has 0 fully saturated rings. The quantitative estimate of drug-likeness (QED) is 0.671. The van der Waals surface area contributed by atoms with Crippen molar-refractivity contribution in [1.29, 1.82) is 0 Å². The summed E-state index contributed by atoms with van der Waals surface area (Å²) in [5, 5.41) is 1.71. The van der Waals surface area contributed by atoms with Gasteiger partial charge in [-0.25, -0.2) is 0 Å².